The van der Waals surface area contributed by atoms with Gasteiger partial charge in [0.1, 0.15) is 5.75 Å². The summed E-state index contributed by atoms with van der Waals surface area (Å²) in [7, 11) is 1.56. The molecule has 0 aliphatic carbocycles. The second kappa shape index (κ2) is 10.0. The van der Waals surface area contributed by atoms with E-state index in [1.165, 1.54) is 6.21 Å². The van der Waals surface area contributed by atoms with Crippen molar-refractivity contribution in [1.29, 1.82) is 0 Å². The van der Waals surface area contributed by atoms with E-state index in [2.05, 4.69) is 26.5 Å². The van der Waals surface area contributed by atoms with E-state index in [4.69, 9.17) is 25.8 Å². The summed E-state index contributed by atoms with van der Waals surface area (Å²) in [5, 5.41) is 4.45. The normalized spacial score (nSPS) is 10.6. The van der Waals surface area contributed by atoms with Crippen LogP contribution in [-0.2, 0) is 4.79 Å². The Labute approximate surface area is 165 Å². The predicted molar refractivity (Wildman–Crippen MR) is 105 cm³/mol. The molecule has 26 heavy (non-hydrogen) atoms. The fourth-order valence-electron chi connectivity index (χ4n) is 2.02. The summed E-state index contributed by atoms with van der Waals surface area (Å²) in [4.78, 5) is 11.8. The molecular formula is C18H18BrClN2O4. The topological polar surface area (TPSA) is 69.2 Å². The number of hydrogen-bond donors (Lipinski definition) is 1. The summed E-state index contributed by atoms with van der Waals surface area (Å²) in [6.07, 6.45) is 1.50. The van der Waals surface area contributed by atoms with Crippen LogP contribution < -0.4 is 19.6 Å². The third kappa shape index (κ3) is 5.93. The van der Waals surface area contributed by atoms with Gasteiger partial charge >= 0.3 is 0 Å². The third-order valence-electron chi connectivity index (χ3n) is 3.11. The molecule has 0 fully saturated rings. The van der Waals surface area contributed by atoms with Crippen LogP contribution in [0.4, 0.5) is 0 Å². The van der Waals surface area contributed by atoms with Gasteiger partial charge in [-0.1, -0.05) is 17.7 Å². The Morgan fingerprint density at radius 2 is 2.12 bits per heavy atom. The van der Waals surface area contributed by atoms with Gasteiger partial charge in [-0.05, 0) is 58.7 Å². The van der Waals surface area contributed by atoms with E-state index in [1.807, 2.05) is 13.0 Å². The molecule has 0 saturated heterocycles. The Kier molecular flexibility index (Phi) is 7.74. The highest BCUT2D eigenvalue weighted by Gasteiger charge is 2.10. The summed E-state index contributed by atoms with van der Waals surface area (Å²) in [6.45, 7) is 2.24. The van der Waals surface area contributed by atoms with Crippen LogP contribution in [0.3, 0.4) is 0 Å². The van der Waals surface area contributed by atoms with E-state index < -0.39 is 5.91 Å². The van der Waals surface area contributed by atoms with Crippen LogP contribution in [0.5, 0.6) is 17.2 Å². The molecule has 2 aromatic carbocycles. The molecule has 1 amide bonds. The lowest BCUT2D eigenvalue weighted by Crippen LogP contribution is -2.24. The molecule has 0 unspecified atom stereocenters. The third-order valence-corrected chi connectivity index (χ3v) is 3.93. The van der Waals surface area contributed by atoms with Crippen molar-refractivity contribution >= 4 is 39.7 Å². The standard InChI is InChI=1S/C18H18BrClN2O4/c1-3-25-18-15(19)7-12(8-16(18)24-2)10-21-22-17(23)11-26-14-6-4-5-13(20)9-14/h4-10H,3,11H2,1-2H3,(H,22,23)/b21-10+. The largest absolute Gasteiger partial charge is 0.493 e. The van der Waals surface area contributed by atoms with E-state index in [-0.39, 0.29) is 6.61 Å². The van der Waals surface area contributed by atoms with Crippen LogP contribution in [0.2, 0.25) is 5.02 Å². The number of carbonyl (C=O) groups excluding carboxylic acids is 1. The fourth-order valence-corrected chi connectivity index (χ4v) is 2.77. The SMILES string of the molecule is CCOc1c(Br)cc(/C=N/NC(=O)COc2cccc(Cl)c2)cc1OC. The van der Waals surface area contributed by atoms with E-state index in [0.717, 1.165) is 10.0 Å². The van der Waals surface area contributed by atoms with E-state index in [0.29, 0.717) is 28.9 Å². The first-order valence-electron chi connectivity index (χ1n) is 7.74. The Morgan fingerprint density at radius 1 is 1.31 bits per heavy atom. The van der Waals surface area contributed by atoms with Crippen LogP contribution in [0.15, 0.2) is 46.0 Å². The van der Waals surface area contributed by atoms with Crippen molar-refractivity contribution in [3.8, 4) is 17.2 Å². The maximum atomic E-state index is 11.8. The first kappa shape index (κ1) is 20.1. The number of hydrazone groups is 1. The summed E-state index contributed by atoms with van der Waals surface area (Å²) in [5.41, 5.74) is 3.13. The molecule has 0 bridgehead atoms. The van der Waals surface area contributed by atoms with Crippen molar-refractivity contribution in [2.75, 3.05) is 20.3 Å². The van der Waals surface area contributed by atoms with Crippen molar-refractivity contribution < 1.29 is 19.0 Å². The quantitative estimate of drug-likeness (QED) is 0.496. The number of carbonyl (C=O) groups is 1. The fraction of sp³-hybridized carbons (Fsp3) is 0.222. The molecule has 8 heteroatoms. The highest BCUT2D eigenvalue weighted by Crippen LogP contribution is 2.36. The van der Waals surface area contributed by atoms with E-state index in [1.54, 1.807) is 37.4 Å². The molecule has 138 valence electrons. The lowest BCUT2D eigenvalue weighted by Gasteiger charge is -2.12. The number of amides is 1. The van der Waals surface area contributed by atoms with Gasteiger partial charge in [0.05, 0.1) is 24.4 Å². The number of rotatable bonds is 8. The van der Waals surface area contributed by atoms with E-state index in [9.17, 15) is 4.79 Å². The molecule has 0 aromatic heterocycles. The molecule has 0 saturated carbocycles. The molecule has 0 radical (unpaired) electrons. The van der Waals surface area contributed by atoms with Gasteiger partial charge in [-0.15, -0.1) is 0 Å². The molecule has 0 aliphatic heterocycles. The van der Waals surface area contributed by atoms with Crippen molar-refractivity contribution in [3.63, 3.8) is 0 Å². The van der Waals surface area contributed by atoms with Crippen molar-refractivity contribution in [2.24, 2.45) is 5.10 Å². The molecule has 0 heterocycles. The summed E-state index contributed by atoms with van der Waals surface area (Å²) in [5.74, 6) is 1.31. The lowest BCUT2D eigenvalue weighted by molar-refractivity contribution is -0.123. The molecule has 2 aromatic rings. The van der Waals surface area contributed by atoms with Crippen LogP contribution in [0, 0.1) is 0 Å². The average Bonchev–Trinajstić information content (AvgIpc) is 2.62. The second-order valence-electron chi connectivity index (χ2n) is 5.01. The van der Waals surface area contributed by atoms with Gasteiger partial charge in [-0.25, -0.2) is 5.43 Å². The maximum absolute atomic E-state index is 11.8. The minimum absolute atomic E-state index is 0.173. The average molecular weight is 442 g/mol. The number of nitrogens with zero attached hydrogens (tertiary/aromatic N) is 1. The molecule has 0 aliphatic rings. The van der Waals surface area contributed by atoms with Gasteiger partial charge < -0.3 is 14.2 Å². The minimum Gasteiger partial charge on any atom is -0.493 e. The zero-order valence-corrected chi connectivity index (χ0v) is 16.6. The van der Waals surface area contributed by atoms with Gasteiger partial charge in [-0.3, -0.25) is 4.79 Å². The predicted octanol–water partition coefficient (Wildman–Crippen LogP) is 4.04. The number of hydrogen-bond acceptors (Lipinski definition) is 5. The molecular weight excluding hydrogens is 424 g/mol. The molecule has 2 rings (SSSR count). The Morgan fingerprint density at radius 3 is 2.81 bits per heavy atom. The van der Waals surface area contributed by atoms with Gasteiger partial charge in [0.25, 0.3) is 5.91 Å². The Bertz CT molecular complexity index is 799. The van der Waals surface area contributed by atoms with E-state index >= 15 is 0 Å². The van der Waals surface area contributed by atoms with Crippen molar-refractivity contribution in [3.05, 3.63) is 51.5 Å². The summed E-state index contributed by atoms with van der Waals surface area (Å²) >= 11 is 9.29. The van der Waals surface area contributed by atoms with Crippen molar-refractivity contribution in [2.45, 2.75) is 6.92 Å². The highest BCUT2D eigenvalue weighted by molar-refractivity contribution is 9.10. The number of methoxy groups -OCH3 is 1. The first-order valence-corrected chi connectivity index (χ1v) is 8.91. The molecule has 6 nitrogen and oxygen atoms in total. The number of ether oxygens (including phenoxy) is 3. The van der Waals surface area contributed by atoms with Gasteiger partial charge in [0.15, 0.2) is 18.1 Å². The number of benzene rings is 2. The Hall–Kier alpha value is -2.25. The first-order chi connectivity index (χ1) is 12.5. The summed E-state index contributed by atoms with van der Waals surface area (Å²) in [6, 6.07) is 10.4. The van der Waals surface area contributed by atoms with Crippen LogP contribution in [0.25, 0.3) is 0 Å². The monoisotopic (exact) mass is 440 g/mol. The van der Waals surface area contributed by atoms with Crippen LogP contribution >= 0.6 is 27.5 Å². The summed E-state index contributed by atoms with van der Waals surface area (Å²) < 4.78 is 16.9. The van der Waals surface area contributed by atoms with Gasteiger partial charge in [0.2, 0.25) is 0 Å². The van der Waals surface area contributed by atoms with Crippen LogP contribution in [-0.4, -0.2) is 32.4 Å². The zero-order valence-electron chi connectivity index (χ0n) is 14.3. The smallest absolute Gasteiger partial charge is 0.277 e. The number of nitrogens with one attached hydrogen (secondary N) is 1. The number of halogens is 2. The maximum Gasteiger partial charge on any atom is 0.277 e. The Balaban J connectivity index is 1.93. The minimum atomic E-state index is -0.391. The molecule has 0 spiro atoms. The second-order valence-corrected chi connectivity index (χ2v) is 6.30. The van der Waals surface area contributed by atoms with Crippen molar-refractivity contribution in [1.82, 2.24) is 5.43 Å². The van der Waals surface area contributed by atoms with Crippen LogP contribution in [0.1, 0.15) is 12.5 Å². The molecule has 0 atom stereocenters. The molecule has 1 N–H and O–H groups in total. The van der Waals surface area contributed by atoms with Gasteiger partial charge in [-0.2, -0.15) is 5.10 Å². The zero-order chi connectivity index (χ0) is 18.9. The van der Waals surface area contributed by atoms with Gasteiger partial charge in [0, 0.05) is 5.02 Å². The lowest BCUT2D eigenvalue weighted by atomic mass is 10.2. The highest BCUT2D eigenvalue weighted by atomic mass is 79.9.